The van der Waals surface area contributed by atoms with Crippen molar-refractivity contribution in [1.29, 1.82) is 0 Å². The molecular formula is C18H18N6O3S2. The predicted molar refractivity (Wildman–Crippen MR) is 110 cm³/mol. The van der Waals surface area contributed by atoms with Crippen LogP contribution in [0.2, 0.25) is 0 Å². The van der Waals surface area contributed by atoms with Crippen molar-refractivity contribution in [3.05, 3.63) is 60.2 Å². The highest BCUT2D eigenvalue weighted by Gasteiger charge is 2.16. The van der Waals surface area contributed by atoms with Gasteiger partial charge in [0.15, 0.2) is 5.16 Å². The van der Waals surface area contributed by atoms with Crippen LogP contribution in [0.1, 0.15) is 11.4 Å². The van der Waals surface area contributed by atoms with Crippen LogP contribution in [0.4, 0.5) is 11.6 Å². The van der Waals surface area contributed by atoms with Crippen LogP contribution in [0.15, 0.2) is 58.8 Å². The van der Waals surface area contributed by atoms with Crippen LogP contribution in [0.3, 0.4) is 0 Å². The van der Waals surface area contributed by atoms with Gasteiger partial charge in [0.1, 0.15) is 0 Å². The fraction of sp³-hybridized carbons (Fsp3) is 0.167. The Labute approximate surface area is 172 Å². The van der Waals surface area contributed by atoms with Crippen molar-refractivity contribution >= 4 is 39.3 Å². The molecule has 0 aliphatic heterocycles. The summed E-state index contributed by atoms with van der Waals surface area (Å²) < 4.78 is 27.4. The molecule has 3 aromatic rings. The molecule has 0 atom stereocenters. The Morgan fingerprint density at radius 3 is 2.28 bits per heavy atom. The zero-order valence-electron chi connectivity index (χ0n) is 15.7. The second kappa shape index (κ2) is 8.97. The summed E-state index contributed by atoms with van der Waals surface area (Å²) in [4.78, 5) is 28.3. The Balaban J connectivity index is 1.62. The van der Waals surface area contributed by atoms with Crippen molar-refractivity contribution in [3.63, 3.8) is 0 Å². The van der Waals surface area contributed by atoms with Crippen molar-refractivity contribution in [3.8, 4) is 0 Å². The average molecular weight is 431 g/mol. The molecule has 3 rings (SSSR count). The normalized spacial score (nSPS) is 11.1. The molecule has 11 heteroatoms. The molecule has 29 heavy (non-hydrogen) atoms. The van der Waals surface area contributed by atoms with Gasteiger partial charge in [-0.2, -0.15) is 0 Å². The molecule has 0 unspecified atom stereocenters. The number of aryl methyl sites for hydroxylation is 2. The fourth-order valence-corrected chi connectivity index (χ4v) is 3.90. The van der Waals surface area contributed by atoms with Crippen molar-refractivity contribution in [2.45, 2.75) is 23.9 Å². The van der Waals surface area contributed by atoms with Gasteiger partial charge in [-0.3, -0.25) is 4.79 Å². The number of aromatic nitrogens is 4. The fourth-order valence-electron chi connectivity index (χ4n) is 2.36. The number of benzene rings is 1. The highest BCUT2D eigenvalue weighted by atomic mass is 32.2. The minimum absolute atomic E-state index is 0.0139. The molecule has 1 aromatic carbocycles. The van der Waals surface area contributed by atoms with Crippen molar-refractivity contribution < 1.29 is 13.2 Å². The Kier molecular flexibility index (Phi) is 6.39. The summed E-state index contributed by atoms with van der Waals surface area (Å²) >= 11 is 1.20. The summed E-state index contributed by atoms with van der Waals surface area (Å²) in [5.74, 6) is -0.102. The van der Waals surface area contributed by atoms with E-state index in [-0.39, 0.29) is 22.5 Å². The third-order valence-electron chi connectivity index (χ3n) is 3.53. The number of rotatable bonds is 7. The minimum atomic E-state index is -3.85. The van der Waals surface area contributed by atoms with E-state index >= 15 is 0 Å². The molecule has 9 nitrogen and oxygen atoms in total. The SMILES string of the molecule is Cc1cc(C)nc(NS(=O)(=O)c2ccc(NC(=O)CSc3ncccn3)cc2)n1. The highest BCUT2D eigenvalue weighted by Crippen LogP contribution is 2.18. The zero-order valence-corrected chi connectivity index (χ0v) is 17.3. The Morgan fingerprint density at radius 1 is 1.03 bits per heavy atom. The van der Waals surface area contributed by atoms with Crippen molar-refractivity contribution in [1.82, 2.24) is 19.9 Å². The van der Waals surface area contributed by atoms with Crippen molar-refractivity contribution in [2.24, 2.45) is 0 Å². The molecule has 1 amide bonds. The van der Waals surface area contributed by atoms with Gasteiger partial charge in [-0.15, -0.1) is 0 Å². The third kappa shape index (κ3) is 5.96. The van der Waals surface area contributed by atoms with Gasteiger partial charge in [-0.05, 0) is 50.2 Å². The topological polar surface area (TPSA) is 127 Å². The van der Waals surface area contributed by atoms with E-state index in [1.54, 1.807) is 38.4 Å². The van der Waals surface area contributed by atoms with Gasteiger partial charge in [-0.25, -0.2) is 33.1 Å². The number of amides is 1. The summed E-state index contributed by atoms with van der Waals surface area (Å²) in [5, 5.41) is 3.20. The van der Waals surface area contributed by atoms with Gasteiger partial charge in [-0.1, -0.05) is 11.8 Å². The van der Waals surface area contributed by atoms with E-state index in [4.69, 9.17) is 0 Å². The number of thioether (sulfide) groups is 1. The highest BCUT2D eigenvalue weighted by molar-refractivity contribution is 7.99. The first-order valence-corrected chi connectivity index (χ1v) is 10.9. The molecule has 0 bridgehead atoms. The number of hydrogen-bond donors (Lipinski definition) is 2. The van der Waals surface area contributed by atoms with E-state index in [2.05, 4.69) is 30.0 Å². The molecule has 0 saturated heterocycles. The van der Waals surface area contributed by atoms with Gasteiger partial charge in [0, 0.05) is 29.5 Å². The maximum absolute atomic E-state index is 12.5. The molecule has 0 radical (unpaired) electrons. The molecule has 0 spiro atoms. The quantitative estimate of drug-likeness (QED) is 0.432. The largest absolute Gasteiger partial charge is 0.325 e. The van der Waals surface area contributed by atoms with Gasteiger partial charge < -0.3 is 5.32 Å². The third-order valence-corrected chi connectivity index (χ3v) is 5.75. The monoisotopic (exact) mass is 430 g/mol. The standard InChI is InChI=1S/C18H18N6O3S2/c1-12-10-13(2)22-17(21-12)24-29(26,27)15-6-4-14(5-7-15)23-16(25)11-28-18-19-8-3-9-20-18/h3-10H,11H2,1-2H3,(H,23,25)(H,21,22,24). The number of carbonyl (C=O) groups is 1. The molecule has 0 aliphatic rings. The number of nitrogens with zero attached hydrogens (tertiary/aromatic N) is 4. The summed E-state index contributed by atoms with van der Waals surface area (Å²) in [7, 11) is -3.85. The maximum Gasteiger partial charge on any atom is 0.264 e. The maximum atomic E-state index is 12.5. The van der Waals surface area contributed by atoms with Gasteiger partial charge in [0.25, 0.3) is 10.0 Å². The lowest BCUT2D eigenvalue weighted by atomic mass is 10.3. The van der Waals surface area contributed by atoms with Gasteiger partial charge >= 0.3 is 0 Å². The Hall–Kier alpha value is -3.05. The van der Waals surface area contributed by atoms with E-state index in [0.717, 1.165) is 0 Å². The number of carbonyl (C=O) groups excluding carboxylic acids is 1. The van der Waals surface area contributed by atoms with Crippen LogP contribution >= 0.6 is 11.8 Å². The Morgan fingerprint density at radius 2 is 1.66 bits per heavy atom. The second-order valence-electron chi connectivity index (χ2n) is 5.97. The number of nitrogens with one attached hydrogen (secondary N) is 2. The Bertz CT molecular complexity index is 1090. The van der Waals surface area contributed by atoms with Crippen LogP contribution in [-0.2, 0) is 14.8 Å². The van der Waals surface area contributed by atoms with Gasteiger partial charge in [0.05, 0.1) is 10.6 Å². The molecule has 2 aromatic heterocycles. The first-order chi connectivity index (χ1) is 13.8. The minimum Gasteiger partial charge on any atom is -0.325 e. The smallest absolute Gasteiger partial charge is 0.264 e. The average Bonchev–Trinajstić information content (AvgIpc) is 2.66. The lowest BCUT2D eigenvalue weighted by Crippen LogP contribution is -2.16. The molecule has 2 heterocycles. The van der Waals surface area contributed by atoms with E-state index in [1.165, 1.54) is 36.0 Å². The van der Waals surface area contributed by atoms with Crippen molar-refractivity contribution in [2.75, 3.05) is 15.8 Å². The van der Waals surface area contributed by atoms with Crippen LogP contribution in [-0.4, -0.2) is 40.0 Å². The van der Waals surface area contributed by atoms with E-state index in [0.29, 0.717) is 22.2 Å². The molecular weight excluding hydrogens is 412 g/mol. The molecule has 0 aliphatic carbocycles. The lowest BCUT2D eigenvalue weighted by Gasteiger charge is -2.09. The lowest BCUT2D eigenvalue weighted by molar-refractivity contribution is -0.113. The summed E-state index contributed by atoms with van der Waals surface area (Å²) in [6.07, 6.45) is 3.20. The number of anilines is 2. The van der Waals surface area contributed by atoms with E-state index in [9.17, 15) is 13.2 Å². The molecule has 0 fully saturated rings. The summed E-state index contributed by atoms with van der Waals surface area (Å²) in [6, 6.07) is 9.26. The van der Waals surface area contributed by atoms with E-state index < -0.39 is 10.0 Å². The number of sulfonamides is 1. The van der Waals surface area contributed by atoms with Gasteiger partial charge in [0.2, 0.25) is 11.9 Å². The zero-order chi connectivity index (χ0) is 20.9. The van der Waals surface area contributed by atoms with E-state index in [1.807, 2.05) is 0 Å². The molecule has 2 N–H and O–H groups in total. The summed E-state index contributed by atoms with van der Waals surface area (Å²) in [5.41, 5.74) is 1.80. The summed E-state index contributed by atoms with van der Waals surface area (Å²) in [6.45, 7) is 3.51. The predicted octanol–water partition coefficient (Wildman–Crippen LogP) is 2.42. The first-order valence-electron chi connectivity index (χ1n) is 8.47. The van der Waals surface area contributed by atoms with Crippen LogP contribution < -0.4 is 10.0 Å². The van der Waals surface area contributed by atoms with Crippen LogP contribution in [0.25, 0.3) is 0 Å². The molecule has 0 saturated carbocycles. The number of hydrogen-bond acceptors (Lipinski definition) is 8. The van der Waals surface area contributed by atoms with Crippen LogP contribution in [0, 0.1) is 13.8 Å². The van der Waals surface area contributed by atoms with Crippen LogP contribution in [0.5, 0.6) is 0 Å². The first kappa shape index (κ1) is 20.7. The molecule has 150 valence electrons. The second-order valence-corrected chi connectivity index (χ2v) is 8.60.